The molecule has 3 amide bonds. The van der Waals surface area contributed by atoms with Crippen LogP contribution in [0.15, 0.2) is 54.4 Å². The second kappa shape index (κ2) is 9.20. The van der Waals surface area contributed by atoms with Crippen LogP contribution in [0.4, 0.5) is 10.5 Å². The predicted octanol–water partition coefficient (Wildman–Crippen LogP) is 2.53. The molecule has 1 aromatic heterocycles. The zero-order chi connectivity index (χ0) is 20.8. The maximum Gasteiger partial charge on any atom is 0.319 e. The molecule has 1 aliphatic heterocycles. The summed E-state index contributed by atoms with van der Waals surface area (Å²) in [7, 11) is 1.57. The van der Waals surface area contributed by atoms with Crippen molar-refractivity contribution in [1.82, 2.24) is 15.6 Å². The third-order valence-corrected chi connectivity index (χ3v) is 4.55. The first-order valence-corrected chi connectivity index (χ1v) is 9.22. The molecule has 2 aromatic rings. The molecule has 0 radical (unpaired) electrons. The Kier molecular flexibility index (Phi) is 6.46. The molecule has 150 valence electrons. The van der Waals surface area contributed by atoms with Gasteiger partial charge >= 0.3 is 6.03 Å². The summed E-state index contributed by atoms with van der Waals surface area (Å²) < 4.78 is 5.63. The number of benzene rings is 1. The van der Waals surface area contributed by atoms with Crippen LogP contribution >= 0.6 is 11.6 Å². The Morgan fingerprint density at radius 2 is 2.17 bits per heavy atom. The van der Waals surface area contributed by atoms with Gasteiger partial charge in [-0.2, -0.15) is 0 Å². The molecule has 1 unspecified atom stereocenters. The number of ether oxygens (including phenoxy) is 1. The summed E-state index contributed by atoms with van der Waals surface area (Å²) in [5.74, 6) is 0.0722. The predicted molar refractivity (Wildman–Crippen MR) is 111 cm³/mol. The Morgan fingerprint density at radius 1 is 1.41 bits per heavy atom. The van der Waals surface area contributed by atoms with Crippen molar-refractivity contribution in [3.05, 3.63) is 65.1 Å². The highest BCUT2D eigenvalue weighted by Crippen LogP contribution is 2.31. The standard InChI is InChI=1S/C20H20ClN5O3/c1-26-16-11-23-18(21)8-17(16)29-12-15(19(26)27)25-20(28)24-10-14(9-22)7-13-5-3-2-4-6-13/h2-6,8-11,15,22H,7,12H2,1H3,(H2,24,25,28)/b14-10-,22-9?. The molecule has 1 aromatic carbocycles. The third kappa shape index (κ3) is 5.11. The summed E-state index contributed by atoms with van der Waals surface area (Å²) in [4.78, 5) is 30.3. The van der Waals surface area contributed by atoms with Crippen molar-refractivity contribution < 1.29 is 14.3 Å². The lowest BCUT2D eigenvalue weighted by atomic mass is 10.1. The summed E-state index contributed by atoms with van der Waals surface area (Å²) in [5.41, 5.74) is 2.10. The van der Waals surface area contributed by atoms with Gasteiger partial charge in [-0.15, -0.1) is 0 Å². The number of nitrogens with one attached hydrogen (secondary N) is 3. The molecule has 9 heteroatoms. The molecule has 0 spiro atoms. The van der Waals surface area contributed by atoms with Crippen LogP contribution in [0.5, 0.6) is 5.75 Å². The average Bonchev–Trinajstić information content (AvgIpc) is 2.83. The lowest BCUT2D eigenvalue weighted by Gasteiger charge is -2.20. The van der Waals surface area contributed by atoms with Crippen molar-refractivity contribution in [3.63, 3.8) is 0 Å². The second-order valence-electron chi connectivity index (χ2n) is 6.38. The number of rotatable bonds is 5. The minimum Gasteiger partial charge on any atom is -0.489 e. The van der Waals surface area contributed by atoms with Crippen molar-refractivity contribution in [1.29, 1.82) is 5.41 Å². The van der Waals surface area contributed by atoms with Gasteiger partial charge in [-0.05, 0) is 11.1 Å². The third-order valence-electron chi connectivity index (χ3n) is 4.34. The highest BCUT2D eigenvalue weighted by atomic mass is 35.5. The van der Waals surface area contributed by atoms with Gasteiger partial charge in [-0.1, -0.05) is 41.9 Å². The molecular formula is C20H20ClN5O3. The molecular weight excluding hydrogens is 394 g/mol. The van der Waals surface area contributed by atoms with Crippen LogP contribution in [0.3, 0.4) is 0 Å². The van der Waals surface area contributed by atoms with Gasteiger partial charge in [-0.3, -0.25) is 4.79 Å². The normalized spacial score (nSPS) is 16.3. The van der Waals surface area contributed by atoms with Crippen molar-refractivity contribution in [3.8, 4) is 5.75 Å². The minimum absolute atomic E-state index is 0.0465. The summed E-state index contributed by atoms with van der Waals surface area (Å²) in [6, 6.07) is 9.66. The average molecular weight is 414 g/mol. The van der Waals surface area contributed by atoms with E-state index in [1.165, 1.54) is 29.6 Å². The van der Waals surface area contributed by atoms with Gasteiger partial charge in [0.05, 0.1) is 6.20 Å². The quantitative estimate of drug-likeness (QED) is 0.517. The van der Waals surface area contributed by atoms with Gasteiger partial charge in [0.1, 0.15) is 29.2 Å². The largest absolute Gasteiger partial charge is 0.489 e. The number of likely N-dealkylation sites (N-methyl/N-ethyl adjacent to an activating group) is 1. The van der Waals surface area contributed by atoms with Gasteiger partial charge in [0.15, 0.2) is 0 Å². The van der Waals surface area contributed by atoms with Crippen LogP contribution in [0.2, 0.25) is 5.15 Å². The van der Waals surface area contributed by atoms with Gasteiger partial charge in [0.25, 0.3) is 5.91 Å². The Balaban J connectivity index is 1.63. The SMILES string of the molecule is CN1C(=O)C(NC(=O)N/C=C(\C=N)Cc2ccccc2)COc2cc(Cl)ncc21. The van der Waals surface area contributed by atoms with E-state index in [4.69, 9.17) is 21.7 Å². The molecule has 0 saturated heterocycles. The Bertz CT molecular complexity index is 948. The van der Waals surface area contributed by atoms with E-state index in [0.717, 1.165) is 5.56 Å². The fourth-order valence-corrected chi connectivity index (χ4v) is 2.95. The van der Waals surface area contributed by atoms with Crippen LogP contribution in [-0.2, 0) is 11.2 Å². The molecule has 0 saturated carbocycles. The fraction of sp³-hybridized carbons (Fsp3) is 0.200. The van der Waals surface area contributed by atoms with Crippen LogP contribution in [0.25, 0.3) is 0 Å². The number of anilines is 1. The number of allylic oxidation sites excluding steroid dienone is 1. The number of hydrogen-bond donors (Lipinski definition) is 3. The molecule has 3 N–H and O–H groups in total. The highest BCUT2D eigenvalue weighted by molar-refractivity contribution is 6.29. The first-order valence-electron chi connectivity index (χ1n) is 8.84. The molecule has 0 fully saturated rings. The van der Waals surface area contributed by atoms with E-state index in [1.807, 2.05) is 30.3 Å². The first-order chi connectivity index (χ1) is 14.0. The number of halogens is 1. The number of urea groups is 1. The lowest BCUT2D eigenvalue weighted by Crippen LogP contribution is -2.51. The summed E-state index contributed by atoms with van der Waals surface area (Å²) in [6.07, 6.45) is 4.57. The second-order valence-corrected chi connectivity index (χ2v) is 6.77. The van der Waals surface area contributed by atoms with Crippen LogP contribution in [0, 0.1) is 5.41 Å². The molecule has 2 heterocycles. The maximum absolute atomic E-state index is 12.7. The van der Waals surface area contributed by atoms with E-state index in [9.17, 15) is 9.59 Å². The summed E-state index contributed by atoms with van der Waals surface area (Å²) in [6.45, 7) is -0.0465. The highest BCUT2D eigenvalue weighted by Gasteiger charge is 2.30. The molecule has 8 nitrogen and oxygen atoms in total. The van der Waals surface area contributed by atoms with Crippen molar-refractivity contribution in [2.75, 3.05) is 18.6 Å². The van der Waals surface area contributed by atoms with Crippen molar-refractivity contribution >= 4 is 35.4 Å². The zero-order valence-electron chi connectivity index (χ0n) is 15.7. The van der Waals surface area contributed by atoms with Crippen molar-refractivity contribution in [2.45, 2.75) is 12.5 Å². The van der Waals surface area contributed by atoms with E-state index in [1.54, 1.807) is 7.05 Å². The maximum atomic E-state index is 12.7. The Labute approximate surface area is 173 Å². The fourth-order valence-electron chi connectivity index (χ4n) is 2.81. The van der Waals surface area contributed by atoms with Crippen LogP contribution < -0.4 is 20.3 Å². The number of carbonyl (C=O) groups is 2. The van der Waals surface area contributed by atoms with E-state index in [0.29, 0.717) is 23.4 Å². The van der Waals surface area contributed by atoms with Crippen LogP contribution in [0.1, 0.15) is 5.56 Å². The topological polar surface area (TPSA) is 107 Å². The summed E-state index contributed by atoms with van der Waals surface area (Å²) >= 11 is 5.88. The number of nitrogens with zero attached hydrogens (tertiary/aromatic N) is 2. The lowest BCUT2D eigenvalue weighted by molar-refractivity contribution is -0.120. The first kappa shape index (κ1) is 20.3. The molecule has 0 aliphatic carbocycles. The molecule has 1 atom stereocenters. The van der Waals surface area contributed by atoms with Gasteiger partial charge in [0.2, 0.25) is 0 Å². The number of hydrogen-bond acceptors (Lipinski definition) is 5. The zero-order valence-corrected chi connectivity index (χ0v) is 16.4. The van der Waals surface area contributed by atoms with E-state index in [-0.39, 0.29) is 17.7 Å². The molecule has 29 heavy (non-hydrogen) atoms. The van der Waals surface area contributed by atoms with E-state index >= 15 is 0 Å². The van der Waals surface area contributed by atoms with Crippen molar-refractivity contribution in [2.24, 2.45) is 0 Å². The number of pyridine rings is 1. The number of carbonyl (C=O) groups excluding carboxylic acids is 2. The number of aromatic nitrogens is 1. The Hall–Kier alpha value is -3.39. The van der Waals surface area contributed by atoms with Gasteiger partial charge in [-0.25, -0.2) is 9.78 Å². The summed E-state index contributed by atoms with van der Waals surface area (Å²) in [5, 5.41) is 12.9. The molecule has 1 aliphatic rings. The van der Waals surface area contributed by atoms with E-state index in [2.05, 4.69) is 15.6 Å². The smallest absolute Gasteiger partial charge is 0.319 e. The van der Waals surface area contributed by atoms with E-state index < -0.39 is 12.1 Å². The molecule has 3 rings (SSSR count). The minimum atomic E-state index is -0.892. The number of fused-ring (bicyclic) bond motifs is 1. The number of amides is 3. The van der Waals surface area contributed by atoms with Gasteiger partial charge < -0.3 is 25.7 Å². The Morgan fingerprint density at radius 3 is 2.90 bits per heavy atom. The molecule has 0 bridgehead atoms. The van der Waals surface area contributed by atoms with Gasteiger partial charge in [0, 0.05) is 31.9 Å². The monoisotopic (exact) mass is 413 g/mol. The van der Waals surface area contributed by atoms with Crippen LogP contribution in [-0.4, -0.2) is 42.8 Å².